The third kappa shape index (κ3) is 4.10. The molecule has 1 heterocycles. The maximum absolute atomic E-state index is 12.2. The Morgan fingerprint density at radius 1 is 1.17 bits per heavy atom. The molecule has 2 N–H and O–H groups in total. The minimum absolute atomic E-state index is 0.0356. The summed E-state index contributed by atoms with van der Waals surface area (Å²) < 4.78 is 5.12. The predicted molar refractivity (Wildman–Crippen MR) is 90.0 cm³/mol. The number of carboxylic acids is 1. The quantitative estimate of drug-likeness (QED) is 0.851. The van der Waals surface area contributed by atoms with Crippen LogP contribution in [-0.4, -0.2) is 35.6 Å². The second-order valence-electron chi connectivity index (χ2n) is 6.06. The van der Waals surface area contributed by atoms with Crippen molar-refractivity contribution in [2.75, 3.05) is 13.7 Å². The van der Waals surface area contributed by atoms with Crippen molar-refractivity contribution in [1.29, 1.82) is 0 Å². The van der Waals surface area contributed by atoms with Crippen molar-refractivity contribution >= 4 is 11.9 Å². The summed E-state index contributed by atoms with van der Waals surface area (Å²) in [6, 6.07) is 9.14. The van der Waals surface area contributed by atoms with Crippen LogP contribution < -0.4 is 10.1 Å². The van der Waals surface area contributed by atoms with Crippen LogP contribution in [0, 0.1) is 5.41 Å². The van der Waals surface area contributed by atoms with Gasteiger partial charge in [0.05, 0.1) is 18.1 Å². The lowest BCUT2D eigenvalue weighted by Gasteiger charge is -2.19. The number of benzene rings is 1. The molecule has 1 aromatic carbocycles. The van der Waals surface area contributed by atoms with E-state index in [1.807, 2.05) is 24.3 Å². The van der Waals surface area contributed by atoms with Crippen LogP contribution in [0.3, 0.4) is 0 Å². The summed E-state index contributed by atoms with van der Waals surface area (Å²) in [5.74, 6) is -0.573. The molecule has 0 radical (unpaired) electrons. The first-order valence-corrected chi connectivity index (χ1v) is 7.44. The number of hydrogen-bond donors (Lipinski definition) is 2. The number of amides is 1. The first-order valence-electron chi connectivity index (χ1n) is 7.44. The van der Waals surface area contributed by atoms with Gasteiger partial charge < -0.3 is 15.2 Å². The first-order chi connectivity index (χ1) is 11.3. The molecule has 0 atom stereocenters. The van der Waals surface area contributed by atoms with Crippen LogP contribution in [0.25, 0.3) is 11.1 Å². The Labute approximate surface area is 140 Å². The Morgan fingerprint density at radius 2 is 1.83 bits per heavy atom. The Bertz CT molecular complexity index is 739. The molecule has 0 fully saturated rings. The molecule has 6 nitrogen and oxygen atoms in total. The number of nitrogens with zero attached hydrogens (tertiary/aromatic N) is 1. The number of aromatic nitrogens is 1. The minimum Gasteiger partial charge on any atom is -0.497 e. The number of ether oxygens (including phenoxy) is 1. The fourth-order valence-corrected chi connectivity index (χ4v) is 1.98. The van der Waals surface area contributed by atoms with Crippen LogP contribution in [0.5, 0.6) is 5.75 Å². The molecule has 2 rings (SSSR count). The number of carboxylic acid groups (broad SMARTS) is 1. The molecule has 1 aromatic heterocycles. The molecule has 0 aliphatic heterocycles. The van der Waals surface area contributed by atoms with Gasteiger partial charge in [0, 0.05) is 24.5 Å². The summed E-state index contributed by atoms with van der Waals surface area (Å²) in [5, 5.41) is 11.7. The third-order valence-electron chi connectivity index (χ3n) is 3.69. The molecule has 126 valence electrons. The summed E-state index contributed by atoms with van der Waals surface area (Å²) >= 11 is 0. The molecule has 1 amide bonds. The molecule has 0 saturated carbocycles. The van der Waals surface area contributed by atoms with E-state index in [0.717, 1.165) is 16.9 Å². The first kappa shape index (κ1) is 17.5. The lowest BCUT2D eigenvalue weighted by Crippen LogP contribution is -2.38. The highest BCUT2D eigenvalue weighted by molar-refractivity contribution is 5.95. The fourth-order valence-electron chi connectivity index (χ4n) is 1.98. The SMILES string of the molecule is COc1ccc(-c2cncc(C(=O)NCC(C)(C)C(=O)O)c2)cc1. The molecule has 0 aliphatic carbocycles. The van der Waals surface area contributed by atoms with Gasteiger partial charge in [0.1, 0.15) is 5.75 Å². The summed E-state index contributed by atoms with van der Waals surface area (Å²) in [5.41, 5.74) is 1.05. The Morgan fingerprint density at radius 3 is 2.42 bits per heavy atom. The normalized spacial score (nSPS) is 11.0. The summed E-state index contributed by atoms with van der Waals surface area (Å²) in [4.78, 5) is 27.4. The van der Waals surface area contributed by atoms with Gasteiger partial charge in [-0.2, -0.15) is 0 Å². The van der Waals surface area contributed by atoms with Crippen LogP contribution >= 0.6 is 0 Å². The van der Waals surface area contributed by atoms with Gasteiger partial charge in [-0.3, -0.25) is 14.6 Å². The molecule has 6 heteroatoms. The van der Waals surface area contributed by atoms with E-state index in [0.29, 0.717) is 5.56 Å². The number of nitrogens with one attached hydrogen (secondary N) is 1. The smallest absolute Gasteiger partial charge is 0.310 e. The molecular weight excluding hydrogens is 308 g/mol. The van der Waals surface area contributed by atoms with Crippen LogP contribution in [0.4, 0.5) is 0 Å². The van der Waals surface area contributed by atoms with Crippen molar-refractivity contribution in [2.45, 2.75) is 13.8 Å². The van der Waals surface area contributed by atoms with E-state index in [2.05, 4.69) is 10.3 Å². The van der Waals surface area contributed by atoms with Crippen molar-refractivity contribution in [3.8, 4) is 16.9 Å². The van der Waals surface area contributed by atoms with Crippen LogP contribution in [-0.2, 0) is 4.79 Å². The van der Waals surface area contributed by atoms with E-state index in [4.69, 9.17) is 9.84 Å². The van der Waals surface area contributed by atoms with Crippen molar-refractivity contribution in [3.05, 3.63) is 48.3 Å². The van der Waals surface area contributed by atoms with Crippen LogP contribution in [0.1, 0.15) is 24.2 Å². The Hall–Kier alpha value is -2.89. The van der Waals surface area contributed by atoms with Gasteiger partial charge in [-0.25, -0.2) is 0 Å². The van der Waals surface area contributed by atoms with Crippen molar-refractivity contribution in [1.82, 2.24) is 10.3 Å². The average Bonchev–Trinajstić information content (AvgIpc) is 2.59. The van der Waals surface area contributed by atoms with Gasteiger partial charge in [0.15, 0.2) is 0 Å². The average molecular weight is 328 g/mol. The molecule has 0 saturated heterocycles. The van der Waals surface area contributed by atoms with Gasteiger partial charge in [-0.15, -0.1) is 0 Å². The number of carbonyl (C=O) groups is 2. The van der Waals surface area contributed by atoms with Crippen LogP contribution in [0.2, 0.25) is 0 Å². The standard InChI is InChI=1S/C18H20N2O4/c1-18(2,17(22)23)11-20-16(21)14-8-13(9-19-10-14)12-4-6-15(24-3)7-5-12/h4-10H,11H2,1-3H3,(H,20,21)(H,22,23). The zero-order valence-corrected chi connectivity index (χ0v) is 13.9. The monoisotopic (exact) mass is 328 g/mol. The highest BCUT2D eigenvalue weighted by atomic mass is 16.5. The number of methoxy groups -OCH3 is 1. The molecule has 2 aromatic rings. The molecule has 0 bridgehead atoms. The largest absolute Gasteiger partial charge is 0.497 e. The second kappa shape index (κ2) is 7.12. The van der Waals surface area contributed by atoms with Crippen molar-refractivity contribution < 1.29 is 19.4 Å². The maximum Gasteiger partial charge on any atom is 0.310 e. The molecular formula is C18H20N2O4. The number of aliphatic carboxylic acids is 1. The summed E-state index contributed by atoms with van der Waals surface area (Å²) in [7, 11) is 1.60. The highest BCUT2D eigenvalue weighted by Gasteiger charge is 2.27. The zero-order valence-electron chi connectivity index (χ0n) is 13.9. The van der Waals surface area contributed by atoms with Gasteiger partial charge >= 0.3 is 5.97 Å². The van der Waals surface area contributed by atoms with Crippen molar-refractivity contribution in [2.24, 2.45) is 5.41 Å². The third-order valence-corrected chi connectivity index (χ3v) is 3.69. The molecule has 0 unspecified atom stereocenters. The summed E-state index contributed by atoms with van der Waals surface area (Å²) in [6.07, 6.45) is 3.12. The Kier molecular flexibility index (Phi) is 5.18. The van der Waals surface area contributed by atoms with Crippen molar-refractivity contribution in [3.63, 3.8) is 0 Å². The van der Waals surface area contributed by atoms with Gasteiger partial charge in [0.2, 0.25) is 0 Å². The van der Waals surface area contributed by atoms with E-state index in [9.17, 15) is 9.59 Å². The molecule has 0 aliphatic rings. The Balaban J connectivity index is 2.14. The topological polar surface area (TPSA) is 88.5 Å². The van der Waals surface area contributed by atoms with E-state index in [1.54, 1.807) is 33.2 Å². The summed E-state index contributed by atoms with van der Waals surface area (Å²) in [6.45, 7) is 3.15. The maximum atomic E-state index is 12.2. The predicted octanol–water partition coefficient (Wildman–Crippen LogP) is 2.60. The molecule has 0 spiro atoms. The highest BCUT2D eigenvalue weighted by Crippen LogP contribution is 2.22. The molecule has 24 heavy (non-hydrogen) atoms. The minimum atomic E-state index is -1.03. The zero-order chi connectivity index (χ0) is 17.7. The lowest BCUT2D eigenvalue weighted by atomic mass is 9.94. The van der Waals surface area contributed by atoms with E-state index in [1.165, 1.54) is 6.20 Å². The van der Waals surface area contributed by atoms with Gasteiger partial charge in [-0.1, -0.05) is 12.1 Å². The van der Waals surface area contributed by atoms with E-state index in [-0.39, 0.29) is 12.5 Å². The number of rotatable bonds is 6. The van der Waals surface area contributed by atoms with Gasteiger partial charge in [-0.05, 0) is 37.6 Å². The fraction of sp³-hybridized carbons (Fsp3) is 0.278. The second-order valence-corrected chi connectivity index (χ2v) is 6.06. The van der Waals surface area contributed by atoms with E-state index < -0.39 is 11.4 Å². The number of hydrogen-bond acceptors (Lipinski definition) is 4. The van der Waals surface area contributed by atoms with E-state index >= 15 is 0 Å². The van der Waals surface area contributed by atoms with Crippen LogP contribution in [0.15, 0.2) is 42.7 Å². The van der Waals surface area contributed by atoms with Gasteiger partial charge in [0.25, 0.3) is 5.91 Å². The lowest BCUT2D eigenvalue weighted by molar-refractivity contribution is -0.146. The number of carbonyl (C=O) groups excluding carboxylic acids is 1. The number of pyridine rings is 1.